The number of fused-ring (bicyclic) bond motifs is 20. The molecular weight excluding hydrogens is 663 g/mol. The second kappa shape index (κ2) is 9.97. The van der Waals surface area contributed by atoms with Gasteiger partial charge in [-0.25, -0.2) is 15.0 Å². The minimum Gasteiger partial charge on any atom is -0.455 e. The predicted octanol–water partition coefficient (Wildman–Crippen LogP) is 11.1. The third-order valence-corrected chi connectivity index (χ3v) is 11.9. The topological polar surface area (TPSA) is 60.6 Å². The van der Waals surface area contributed by atoms with Crippen LogP contribution >= 0.6 is 0 Å². The first-order chi connectivity index (χ1) is 26.8. The quantitative estimate of drug-likeness (QED) is 0.181. The van der Waals surface area contributed by atoms with E-state index in [0.717, 1.165) is 72.5 Å². The molecule has 0 fully saturated rings. The lowest BCUT2D eigenvalue weighted by molar-refractivity contribution is 0.670. The van der Waals surface area contributed by atoms with Crippen LogP contribution in [0.2, 0.25) is 0 Å². The molecule has 6 nitrogen and oxygen atoms in total. The van der Waals surface area contributed by atoms with Gasteiger partial charge in [-0.2, -0.15) is 0 Å². The Morgan fingerprint density at radius 3 is 1.78 bits per heavy atom. The maximum absolute atomic E-state index is 6.54. The zero-order valence-electron chi connectivity index (χ0n) is 28.7. The van der Waals surface area contributed by atoms with E-state index in [1.165, 1.54) is 38.9 Å². The molecule has 5 aromatic heterocycles. The molecular formula is C48H27N5O. The minimum atomic E-state index is -0.482. The van der Waals surface area contributed by atoms with Gasteiger partial charge in [0.25, 0.3) is 0 Å². The first-order valence-corrected chi connectivity index (χ1v) is 18.3. The number of benzene rings is 6. The number of furan rings is 1. The second-order valence-corrected chi connectivity index (χ2v) is 14.3. The molecule has 0 saturated carbocycles. The molecule has 0 saturated heterocycles. The molecule has 0 aliphatic heterocycles. The molecule has 250 valence electrons. The van der Waals surface area contributed by atoms with E-state index in [2.05, 4.69) is 142 Å². The summed E-state index contributed by atoms with van der Waals surface area (Å²) < 4.78 is 11.0. The summed E-state index contributed by atoms with van der Waals surface area (Å²) in [4.78, 5) is 15.4. The molecule has 0 radical (unpaired) electrons. The van der Waals surface area contributed by atoms with Crippen molar-refractivity contribution >= 4 is 44.4 Å². The van der Waals surface area contributed by atoms with E-state index >= 15 is 0 Å². The average Bonchev–Trinajstić information content (AvgIpc) is 4.04. The maximum atomic E-state index is 6.54. The average molecular weight is 690 g/mol. The van der Waals surface area contributed by atoms with Crippen LogP contribution < -0.4 is 0 Å². The molecule has 1 spiro atoms. The van der Waals surface area contributed by atoms with Crippen molar-refractivity contribution in [2.45, 2.75) is 5.41 Å². The minimum absolute atomic E-state index is 0.482. The van der Waals surface area contributed by atoms with Crippen molar-refractivity contribution in [2.24, 2.45) is 0 Å². The fraction of sp³-hybridized carbons (Fsp3) is 0.0208. The fourth-order valence-electron chi connectivity index (χ4n) is 9.90. The lowest BCUT2D eigenvalue weighted by Crippen LogP contribution is -2.25. The summed E-state index contributed by atoms with van der Waals surface area (Å²) in [5.74, 6) is 0. The van der Waals surface area contributed by atoms with E-state index in [-0.39, 0.29) is 0 Å². The number of rotatable bonds is 2. The molecule has 2 aliphatic rings. The van der Waals surface area contributed by atoms with E-state index in [4.69, 9.17) is 19.4 Å². The molecule has 13 rings (SSSR count). The summed E-state index contributed by atoms with van der Waals surface area (Å²) in [7, 11) is 0. The standard InChI is InChI=1S/C48H27N5O/c1-2-15-31(28(12-1)33-18-11-19-34-32-16-6-10-23-42(32)54-44(33)34)41-27-51-45-40-26-39-43(52(40)46-47(53(41)45)50-25-24-49-46)35-17-5-9-22-38(35)48(39)36-20-7-3-13-29(36)30-14-4-8-21-37(30)48/h1-27H. The van der Waals surface area contributed by atoms with Gasteiger partial charge >= 0.3 is 0 Å². The molecule has 6 aromatic carbocycles. The van der Waals surface area contributed by atoms with E-state index in [1.54, 1.807) is 12.4 Å². The molecule has 0 amide bonds. The van der Waals surface area contributed by atoms with Gasteiger partial charge in [0.15, 0.2) is 16.9 Å². The van der Waals surface area contributed by atoms with Crippen molar-refractivity contribution in [1.29, 1.82) is 0 Å². The van der Waals surface area contributed by atoms with E-state index in [1.807, 2.05) is 18.3 Å². The summed E-state index contributed by atoms with van der Waals surface area (Å²) >= 11 is 0. The van der Waals surface area contributed by atoms with Gasteiger partial charge in [-0.3, -0.25) is 8.80 Å². The highest BCUT2D eigenvalue weighted by Gasteiger charge is 2.53. The Morgan fingerprint density at radius 1 is 0.444 bits per heavy atom. The summed E-state index contributed by atoms with van der Waals surface area (Å²) in [6.45, 7) is 0. The van der Waals surface area contributed by atoms with Gasteiger partial charge in [0, 0.05) is 39.9 Å². The van der Waals surface area contributed by atoms with Gasteiger partial charge in [-0.15, -0.1) is 0 Å². The van der Waals surface area contributed by atoms with Crippen LogP contribution in [0, 0.1) is 0 Å². The Labute approximate surface area is 308 Å². The molecule has 0 bridgehead atoms. The first-order valence-electron chi connectivity index (χ1n) is 18.3. The van der Waals surface area contributed by atoms with Gasteiger partial charge < -0.3 is 4.42 Å². The number of aromatic nitrogens is 5. The highest BCUT2D eigenvalue weighted by atomic mass is 16.3. The molecule has 54 heavy (non-hydrogen) atoms. The normalized spacial score (nSPS) is 13.7. The number of nitrogens with zero attached hydrogens (tertiary/aromatic N) is 5. The smallest absolute Gasteiger partial charge is 0.183 e. The monoisotopic (exact) mass is 689 g/mol. The Morgan fingerprint density at radius 2 is 1.02 bits per heavy atom. The number of hydrogen-bond acceptors (Lipinski definition) is 4. The van der Waals surface area contributed by atoms with Crippen LogP contribution in [0.1, 0.15) is 22.3 Å². The van der Waals surface area contributed by atoms with Crippen LogP contribution in [0.4, 0.5) is 0 Å². The number of hydrogen-bond donors (Lipinski definition) is 0. The second-order valence-electron chi connectivity index (χ2n) is 14.3. The van der Waals surface area contributed by atoms with Crippen molar-refractivity contribution in [3.63, 3.8) is 0 Å². The third kappa shape index (κ3) is 3.26. The van der Waals surface area contributed by atoms with E-state index in [0.29, 0.717) is 0 Å². The SMILES string of the molecule is c1ccc(-c2cnc3c4cc5c(n4c4nccnc4n23)-c2ccccc2C52c3ccccc3-c3ccccc32)c(-c2cccc3c2oc2ccccc23)c1. The number of imidazole rings is 1. The van der Waals surface area contributed by atoms with E-state index in [9.17, 15) is 0 Å². The zero-order valence-corrected chi connectivity index (χ0v) is 28.7. The van der Waals surface area contributed by atoms with E-state index < -0.39 is 5.41 Å². The molecule has 2 aliphatic carbocycles. The molecule has 11 aromatic rings. The van der Waals surface area contributed by atoms with Crippen LogP contribution in [0.3, 0.4) is 0 Å². The van der Waals surface area contributed by atoms with Crippen LogP contribution in [-0.2, 0) is 5.41 Å². The molecule has 5 heterocycles. The molecule has 6 heteroatoms. The summed E-state index contributed by atoms with van der Waals surface area (Å²) in [6.07, 6.45) is 5.56. The van der Waals surface area contributed by atoms with Crippen molar-refractivity contribution in [3.05, 3.63) is 186 Å². The van der Waals surface area contributed by atoms with Crippen molar-refractivity contribution in [2.75, 3.05) is 0 Å². The highest BCUT2D eigenvalue weighted by Crippen LogP contribution is 2.63. The van der Waals surface area contributed by atoms with Gasteiger partial charge in [0.1, 0.15) is 11.2 Å². The Balaban J connectivity index is 1.14. The van der Waals surface area contributed by atoms with Gasteiger partial charge in [0.2, 0.25) is 0 Å². The summed E-state index contributed by atoms with van der Waals surface area (Å²) in [5, 5.41) is 2.21. The molecule has 0 atom stereocenters. The van der Waals surface area contributed by atoms with Crippen LogP contribution in [-0.4, -0.2) is 23.8 Å². The Hall–Kier alpha value is -7.31. The largest absolute Gasteiger partial charge is 0.455 e. The predicted molar refractivity (Wildman–Crippen MR) is 214 cm³/mol. The first kappa shape index (κ1) is 28.3. The summed E-state index contributed by atoms with van der Waals surface area (Å²) in [5.41, 5.74) is 18.7. The zero-order chi connectivity index (χ0) is 35.1. The van der Waals surface area contributed by atoms with Crippen LogP contribution in [0.5, 0.6) is 0 Å². The van der Waals surface area contributed by atoms with Crippen molar-refractivity contribution in [1.82, 2.24) is 23.8 Å². The van der Waals surface area contributed by atoms with Crippen molar-refractivity contribution < 1.29 is 4.42 Å². The summed E-state index contributed by atoms with van der Waals surface area (Å²) in [6, 6.07) is 52.2. The van der Waals surface area contributed by atoms with Crippen LogP contribution in [0.25, 0.3) is 89.2 Å². The van der Waals surface area contributed by atoms with Gasteiger partial charge in [0.05, 0.1) is 28.5 Å². The Bertz CT molecular complexity index is 3370. The lowest BCUT2D eigenvalue weighted by atomic mass is 9.71. The maximum Gasteiger partial charge on any atom is 0.183 e. The van der Waals surface area contributed by atoms with Gasteiger partial charge in [-0.05, 0) is 51.1 Å². The Kier molecular flexibility index (Phi) is 5.22. The lowest BCUT2D eigenvalue weighted by Gasteiger charge is -2.29. The number of para-hydroxylation sites is 2. The molecule has 0 N–H and O–H groups in total. The van der Waals surface area contributed by atoms with Crippen LogP contribution in [0.15, 0.2) is 169 Å². The fourth-order valence-corrected chi connectivity index (χ4v) is 9.90. The third-order valence-electron chi connectivity index (χ3n) is 11.9. The highest BCUT2D eigenvalue weighted by molar-refractivity contribution is 6.10. The van der Waals surface area contributed by atoms with Gasteiger partial charge in [-0.1, -0.05) is 133 Å². The van der Waals surface area contributed by atoms with Crippen molar-refractivity contribution in [3.8, 4) is 44.8 Å². The molecule has 0 unspecified atom stereocenters.